The number of aliphatic hydroxyl groups is 1. The predicted octanol–water partition coefficient (Wildman–Crippen LogP) is 2.19. The number of thiophene rings is 1. The molecule has 0 bridgehead atoms. The van der Waals surface area contributed by atoms with Gasteiger partial charge >= 0.3 is 5.97 Å². The molecule has 1 aromatic rings. The van der Waals surface area contributed by atoms with E-state index >= 15 is 0 Å². The van der Waals surface area contributed by atoms with Crippen LogP contribution in [0.4, 0.5) is 0 Å². The minimum atomic E-state index is -0.960. The maximum Gasteiger partial charge on any atom is 0.303 e. The van der Waals surface area contributed by atoms with Gasteiger partial charge in [0.05, 0.1) is 11.3 Å². The van der Waals surface area contributed by atoms with Gasteiger partial charge in [0, 0.05) is 17.9 Å². The number of carbonyl (C=O) groups is 2. The number of carboxylic acid groups (broad SMARTS) is 1. The van der Waals surface area contributed by atoms with Gasteiger partial charge < -0.3 is 10.2 Å². The van der Waals surface area contributed by atoms with Crippen LogP contribution in [0.5, 0.6) is 0 Å². The Kier molecular flexibility index (Phi) is 5.59. The number of hydrogen-bond donors (Lipinski definition) is 2. The van der Waals surface area contributed by atoms with Gasteiger partial charge in [-0.25, -0.2) is 0 Å². The Balaban J connectivity index is 2.55. The molecule has 0 amide bonds. The van der Waals surface area contributed by atoms with Crippen molar-refractivity contribution in [2.75, 3.05) is 6.61 Å². The zero-order chi connectivity index (χ0) is 12.7. The Morgan fingerprint density at radius 2 is 2.06 bits per heavy atom. The first kappa shape index (κ1) is 13.6. The average molecular weight is 254 g/mol. The Bertz CT molecular complexity index is 420. The lowest BCUT2D eigenvalue weighted by atomic mass is 10.2. The zero-order valence-electron chi connectivity index (χ0n) is 9.26. The van der Waals surface area contributed by atoms with Crippen molar-refractivity contribution in [3.05, 3.63) is 28.0 Å². The van der Waals surface area contributed by atoms with Gasteiger partial charge in [0.25, 0.3) is 0 Å². The van der Waals surface area contributed by atoms with Crippen LogP contribution in [-0.4, -0.2) is 28.6 Å². The number of carboxylic acids is 1. The van der Waals surface area contributed by atoms with E-state index in [1.165, 1.54) is 11.3 Å². The first-order valence-electron chi connectivity index (χ1n) is 5.25. The van der Waals surface area contributed by atoms with E-state index in [4.69, 9.17) is 10.2 Å². The van der Waals surface area contributed by atoms with Gasteiger partial charge in [0.15, 0.2) is 5.78 Å². The van der Waals surface area contributed by atoms with Gasteiger partial charge in [-0.3, -0.25) is 9.59 Å². The van der Waals surface area contributed by atoms with Crippen molar-refractivity contribution in [2.45, 2.75) is 19.3 Å². The van der Waals surface area contributed by atoms with E-state index < -0.39 is 5.97 Å². The molecule has 0 aliphatic heterocycles. The normalized spacial score (nSPS) is 10.9. The van der Waals surface area contributed by atoms with Crippen LogP contribution >= 0.6 is 11.3 Å². The second kappa shape index (κ2) is 6.98. The molecular weight excluding hydrogens is 240 g/mol. The molecule has 0 atom stereocenters. The molecule has 5 heteroatoms. The molecule has 1 aromatic heterocycles. The Morgan fingerprint density at radius 3 is 2.71 bits per heavy atom. The van der Waals surface area contributed by atoms with Crippen molar-refractivity contribution in [3.63, 3.8) is 0 Å². The molecule has 0 radical (unpaired) electrons. The smallest absolute Gasteiger partial charge is 0.303 e. The fraction of sp³-hybridized carbons (Fsp3) is 0.333. The largest absolute Gasteiger partial charge is 0.481 e. The average Bonchev–Trinajstić information content (AvgIpc) is 2.75. The van der Waals surface area contributed by atoms with E-state index in [9.17, 15) is 9.59 Å². The molecule has 0 spiro atoms. The predicted molar refractivity (Wildman–Crippen MR) is 66.3 cm³/mol. The van der Waals surface area contributed by atoms with Crippen LogP contribution in [-0.2, 0) is 4.79 Å². The lowest BCUT2D eigenvalue weighted by molar-refractivity contribution is -0.136. The molecular formula is C12H14O4S. The zero-order valence-corrected chi connectivity index (χ0v) is 10.1. The highest BCUT2D eigenvalue weighted by Crippen LogP contribution is 2.20. The van der Waals surface area contributed by atoms with Gasteiger partial charge in [0.2, 0.25) is 0 Å². The van der Waals surface area contributed by atoms with Crippen molar-refractivity contribution >= 4 is 29.2 Å². The minimum absolute atomic E-state index is 0.0373. The van der Waals surface area contributed by atoms with Crippen LogP contribution in [0.2, 0.25) is 0 Å². The number of ketones is 1. The summed E-state index contributed by atoms with van der Waals surface area (Å²) in [5.74, 6) is -1.10. The summed E-state index contributed by atoms with van der Waals surface area (Å²) in [4.78, 5) is 23.4. The Labute approximate surface area is 103 Å². The van der Waals surface area contributed by atoms with Crippen molar-refractivity contribution < 1.29 is 19.8 Å². The molecule has 1 heterocycles. The molecule has 0 saturated heterocycles. The molecule has 17 heavy (non-hydrogen) atoms. The van der Waals surface area contributed by atoms with E-state index in [-0.39, 0.29) is 25.2 Å². The van der Waals surface area contributed by atoms with E-state index in [2.05, 4.69) is 0 Å². The summed E-state index contributed by atoms with van der Waals surface area (Å²) in [5.41, 5.74) is 0. The summed E-state index contributed by atoms with van der Waals surface area (Å²) in [5, 5.41) is 17.1. The summed E-state index contributed by atoms with van der Waals surface area (Å²) < 4.78 is 0. The van der Waals surface area contributed by atoms with Crippen molar-refractivity contribution in [3.8, 4) is 0 Å². The van der Waals surface area contributed by atoms with Crippen LogP contribution in [0.3, 0.4) is 0 Å². The topological polar surface area (TPSA) is 74.6 Å². The standard InChI is InChI=1S/C12H14O4S/c13-8-2-1-3-9-4-6-11(17-9)10(14)5-7-12(15)16/h1,3-4,6,13H,2,5,7-8H2,(H,15,16). The molecule has 2 N–H and O–H groups in total. The van der Waals surface area contributed by atoms with Gasteiger partial charge in [0.1, 0.15) is 0 Å². The molecule has 1 rings (SSSR count). The van der Waals surface area contributed by atoms with Crippen molar-refractivity contribution in [1.82, 2.24) is 0 Å². The van der Waals surface area contributed by atoms with E-state index in [0.717, 1.165) is 4.88 Å². The summed E-state index contributed by atoms with van der Waals surface area (Å²) in [7, 11) is 0. The molecule has 92 valence electrons. The maximum absolute atomic E-state index is 11.6. The molecule has 4 nitrogen and oxygen atoms in total. The number of Topliss-reactive ketones (excluding diaryl/α,β-unsaturated/α-hetero) is 1. The van der Waals surface area contributed by atoms with E-state index in [1.54, 1.807) is 6.07 Å². The molecule has 0 aliphatic rings. The second-order valence-electron chi connectivity index (χ2n) is 3.43. The number of hydrogen-bond acceptors (Lipinski definition) is 4. The highest BCUT2D eigenvalue weighted by molar-refractivity contribution is 7.14. The van der Waals surface area contributed by atoms with E-state index in [0.29, 0.717) is 11.3 Å². The van der Waals surface area contributed by atoms with Gasteiger partial charge in [-0.2, -0.15) is 0 Å². The summed E-state index contributed by atoms with van der Waals surface area (Å²) in [6, 6.07) is 3.51. The molecule has 0 saturated carbocycles. The first-order valence-corrected chi connectivity index (χ1v) is 6.07. The highest BCUT2D eigenvalue weighted by atomic mass is 32.1. The van der Waals surface area contributed by atoms with Crippen LogP contribution in [0.1, 0.15) is 33.8 Å². The lowest BCUT2D eigenvalue weighted by Crippen LogP contribution is -2.01. The number of aliphatic hydroxyl groups excluding tert-OH is 1. The van der Waals surface area contributed by atoms with Crippen LogP contribution < -0.4 is 0 Å². The Morgan fingerprint density at radius 1 is 1.29 bits per heavy atom. The van der Waals surface area contributed by atoms with Crippen LogP contribution in [0, 0.1) is 0 Å². The number of carbonyl (C=O) groups excluding carboxylic acids is 1. The highest BCUT2D eigenvalue weighted by Gasteiger charge is 2.10. The van der Waals surface area contributed by atoms with Crippen LogP contribution in [0.15, 0.2) is 18.2 Å². The monoisotopic (exact) mass is 254 g/mol. The van der Waals surface area contributed by atoms with Crippen molar-refractivity contribution in [1.29, 1.82) is 0 Å². The fourth-order valence-corrected chi connectivity index (χ4v) is 2.12. The number of rotatable bonds is 7. The second-order valence-corrected chi connectivity index (χ2v) is 4.55. The Hall–Kier alpha value is -1.46. The van der Waals surface area contributed by atoms with E-state index in [1.807, 2.05) is 18.2 Å². The first-order chi connectivity index (χ1) is 8.13. The summed E-state index contributed by atoms with van der Waals surface area (Å²) in [6.07, 6.45) is 4.16. The molecule has 0 aliphatic carbocycles. The number of aliphatic carboxylic acids is 1. The molecule has 0 fully saturated rings. The van der Waals surface area contributed by atoms with Crippen molar-refractivity contribution in [2.24, 2.45) is 0 Å². The SMILES string of the molecule is O=C(O)CCC(=O)c1ccc(C=CCCO)s1. The maximum atomic E-state index is 11.6. The summed E-state index contributed by atoms with van der Waals surface area (Å²) in [6.45, 7) is 0.103. The molecule has 0 aromatic carbocycles. The third-order valence-electron chi connectivity index (χ3n) is 2.05. The van der Waals surface area contributed by atoms with Crippen LogP contribution in [0.25, 0.3) is 6.08 Å². The quantitative estimate of drug-likeness (QED) is 0.731. The molecule has 0 unspecified atom stereocenters. The third kappa shape index (κ3) is 4.93. The third-order valence-corrected chi connectivity index (χ3v) is 3.14. The fourth-order valence-electron chi connectivity index (χ4n) is 1.21. The van der Waals surface area contributed by atoms with Gasteiger partial charge in [-0.05, 0) is 24.6 Å². The minimum Gasteiger partial charge on any atom is -0.481 e. The van der Waals surface area contributed by atoms with Gasteiger partial charge in [-0.1, -0.05) is 6.08 Å². The van der Waals surface area contributed by atoms with Gasteiger partial charge in [-0.15, -0.1) is 11.3 Å². The lowest BCUT2D eigenvalue weighted by Gasteiger charge is -1.93. The summed E-state index contributed by atoms with van der Waals surface area (Å²) >= 11 is 1.33.